The minimum Gasteiger partial charge on any atom is -0.389 e. The van der Waals surface area contributed by atoms with Crippen molar-refractivity contribution in [2.75, 3.05) is 6.54 Å². The van der Waals surface area contributed by atoms with Crippen LogP contribution in [0.25, 0.3) is 0 Å². The van der Waals surface area contributed by atoms with Crippen LogP contribution in [0.3, 0.4) is 0 Å². The van der Waals surface area contributed by atoms with Crippen LogP contribution in [0.4, 0.5) is 0 Å². The Morgan fingerprint density at radius 3 is 2.15 bits per heavy atom. The molecule has 0 amide bonds. The Morgan fingerprint density at radius 1 is 1.23 bits per heavy atom. The smallest absolute Gasteiger partial charge is 0.0767 e. The van der Waals surface area contributed by atoms with Crippen molar-refractivity contribution in [3.05, 3.63) is 0 Å². The van der Waals surface area contributed by atoms with Gasteiger partial charge in [-0.25, -0.2) is 0 Å². The second kappa shape index (κ2) is 3.58. The van der Waals surface area contributed by atoms with Crippen LogP contribution in [0, 0.1) is 5.92 Å². The van der Waals surface area contributed by atoms with E-state index in [-0.39, 0.29) is 5.54 Å². The number of nitrogens with one attached hydrogen (secondary N) is 1. The van der Waals surface area contributed by atoms with Gasteiger partial charge in [0.25, 0.3) is 0 Å². The van der Waals surface area contributed by atoms with E-state index in [1.54, 1.807) is 0 Å². The summed E-state index contributed by atoms with van der Waals surface area (Å²) in [6, 6.07) is 0. The molecule has 0 bridgehead atoms. The van der Waals surface area contributed by atoms with Gasteiger partial charge in [0.05, 0.1) is 5.60 Å². The molecule has 0 aromatic heterocycles. The summed E-state index contributed by atoms with van der Waals surface area (Å²) in [5, 5.41) is 13.3. The van der Waals surface area contributed by atoms with Gasteiger partial charge in [-0.05, 0) is 46.6 Å². The van der Waals surface area contributed by atoms with E-state index in [1.165, 1.54) is 19.3 Å². The highest BCUT2D eigenvalue weighted by Gasteiger charge is 2.34. The molecule has 13 heavy (non-hydrogen) atoms. The van der Waals surface area contributed by atoms with Crippen LogP contribution < -0.4 is 5.32 Å². The first-order valence-electron chi connectivity index (χ1n) is 5.30. The van der Waals surface area contributed by atoms with E-state index >= 15 is 0 Å². The zero-order chi connectivity index (χ0) is 10.1. The third-order valence-electron chi connectivity index (χ3n) is 3.35. The topological polar surface area (TPSA) is 32.3 Å². The van der Waals surface area contributed by atoms with E-state index in [9.17, 15) is 5.11 Å². The lowest BCUT2D eigenvalue weighted by Gasteiger charge is -2.38. The first-order valence-corrected chi connectivity index (χ1v) is 5.30. The van der Waals surface area contributed by atoms with E-state index in [4.69, 9.17) is 0 Å². The van der Waals surface area contributed by atoms with Gasteiger partial charge in [0.15, 0.2) is 0 Å². The standard InChI is InChI=1S/C11H23NO/c1-10(2,11(3,4)13)12-8-7-9-5-6-9/h9,12-13H,5-8H2,1-4H3. The Hall–Kier alpha value is -0.0800. The Kier molecular flexibility index (Phi) is 3.03. The van der Waals surface area contributed by atoms with Crippen molar-refractivity contribution in [3.63, 3.8) is 0 Å². The van der Waals surface area contributed by atoms with Gasteiger partial charge in [-0.3, -0.25) is 0 Å². The van der Waals surface area contributed by atoms with Gasteiger partial charge >= 0.3 is 0 Å². The van der Waals surface area contributed by atoms with Gasteiger partial charge in [-0.15, -0.1) is 0 Å². The molecule has 1 aliphatic rings. The van der Waals surface area contributed by atoms with Crippen LogP contribution >= 0.6 is 0 Å². The monoisotopic (exact) mass is 185 g/mol. The summed E-state index contributed by atoms with van der Waals surface area (Å²) in [5.74, 6) is 0.963. The van der Waals surface area contributed by atoms with Crippen molar-refractivity contribution >= 4 is 0 Å². The van der Waals surface area contributed by atoms with Gasteiger partial charge in [0.2, 0.25) is 0 Å². The first-order chi connectivity index (χ1) is 5.83. The molecule has 1 fully saturated rings. The second-order valence-electron chi connectivity index (χ2n) is 5.34. The molecular formula is C11H23NO. The summed E-state index contributed by atoms with van der Waals surface area (Å²) in [6.07, 6.45) is 4.08. The molecule has 2 N–H and O–H groups in total. The molecule has 0 saturated heterocycles. The molecule has 0 radical (unpaired) electrons. The largest absolute Gasteiger partial charge is 0.389 e. The summed E-state index contributed by atoms with van der Waals surface area (Å²) in [5.41, 5.74) is -0.849. The highest BCUT2D eigenvalue weighted by molar-refractivity contribution is 4.93. The molecular weight excluding hydrogens is 162 g/mol. The zero-order valence-electron chi connectivity index (χ0n) is 9.35. The molecule has 1 saturated carbocycles. The third kappa shape index (κ3) is 3.28. The maximum absolute atomic E-state index is 9.86. The van der Waals surface area contributed by atoms with E-state index < -0.39 is 5.60 Å². The third-order valence-corrected chi connectivity index (χ3v) is 3.35. The molecule has 0 aromatic carbocycles. The van der Waals surface area contributed by atoms with Gasteiger partial charge in [0.1, 0.15) is 0 Å². The Bertz CT molecular complexity index is 165. The highest BCUT2D eigenvalue weighted by atomic mass is 16.3. The molecule has 0 atom stereocenters. The molecule has 0 unspecified atom stereocenters. The summed E-state index contributed by atoms with van der Waals surface area (Å²) in [6.45, 7) is 8.86. The summed E-state index contributed by atoms with van der Waals surface area (Å²) in [4.78, 5) is 0. The second-order valence-corrected chi connectivity index (χ2v) is 5.34. The summed E-state index contributed by atoms with van der Waals surface area (Å²) < 4.78 is 0. The van der Waals surface area contributed by atoms with Crippen LogP contribution in [-0.4, -0.2) is 22.8 Å². The van der Waals surface area contributed by atoms with Gasteiger partial charge in [-0.1, -0.05) is 12.8 Å². The predicted octanol–water partition coefficient (Wildman–Crippen LogP) is 1.93. The maximum Gasteiger partial charge on any atom is 0.0767 e. The SMILES string of the molecule is CC(C)(O)C(C)(C)NCCC1CC1. The molecule has 1 aliphatic carbocycles. The zero-order valence-corrected chi connectivity index (χ0v) is 9.35. The highest BCUT2D eigenvalue weighted by Crippen LogP contribution is 2.32. The summed E-state index contributed by atoms with van der Waals surface area (Å²) >= 11 is 0. The van der Waals surface area contributed by atoms with Crippen molar-refractivity contribution in [2.45, 2.75) is 58.1 Å². The lowest BCUT2D eigenvalue weighted by atomic mass is 9.86. The fraction of sp³-hybridized carbons (Fsp3) is 1.00. The number of aliphatic hydroxyl groups is 1. The molecule has 78 valence electrons. The van der Waals surface area contributed by atoms with Crippen LogP contribution in [-0.2, 0) is 0 Å². The minimum absolute atomic E-state index is 0.193. The Morgan fingerprint density at radius 2 is 1.77 bits per heavy atom. The van der Waals surface area contributed by atoms with E-state index in [0.29, 0.717) is 0 Å². The quantitative estimate of drug-likeness (QED) is 0.686. The molecule has 0 aliphatic heterocycles. The molecule has 0 spiro atoms. The molecule has 1 rings (SSSR count). The van der Waals surface area contributed by atoms with Crippen molar-refractivity contribution in [1.29, 1.82) is 0 Å². The molecule has 2 nitrogen and oxygen atoms in total. The van der Waals surface area contributed by atoms with E-state index in [0.717, 1.165) is 12.5 Å². The predicted molar refractivity (Wildman–Crippen MR) is 55.7 cm³/mol. The fourth-order valence-corrected chi connectivity index (χ4v) is 1.21. The lowest BCUT2D eigenvalue weighted by molar-refractivity contribution is -0.00451. The Labute approximate surface area is 81.7 Å². The Balaban J connectivity index is 2.23. The van der Waals surface area contributed by atoms with Crippen LogP contribution in [0.5, 0.6) is 0 Å². The minimum atomic E-state index is -0.656. The van der Waals surface area contributed by atoms with Gasteiger partial charge < -0.3 is 10.4 Å². The lowest BCUT2D eigenvalue weighted by Crippen LogP contribution is -2.56. The fourth-order valence-electron chi connectivity index (χ4n) is 1.21. The molecule has 0 aromatic rings. The van der Waals surface area contributed by atoms with Crippen molar-refractivity contribution in [3.8, 4) is 0 Å². The number of rotatable bonds is 5. The average molecular weight is 185 g/mol. The molecule has 2 heteroatoms. The van der Waals surface area contributed by atoms with Crippen molar-refractivity contribution in [1.82, 2.24) is 5.32 Å². The van der Waals surface area contributed by atoms with Gasteiger partial charge in [0, 0.05) is 5.54 Å². The van der Waals surface area contributed by atoms with Gasteiger partial charge in [-0.2, -0.15) is 0 Å². The maximum atomic E-state index is 9.86. The van der Waals surface area contributed by atoms with Crippen LogP contribution in [0.1, 0.15) is 47.0 Å². The molecule has 0 heterocycles. The van der Waals surface area contributed by atoms with Crippen LogP contribution in [0.15, 0.2) is 0 Å². The van der Waals surface area contributed by atoms with E-state index in [2.05, 4.69) is 19.2 Å². The number of hydrogen-bond donors (Lipinski definition) is 2. The van der Waals surface area contributed by atoms with Crippen molar-refractivity contribution < 1.29 is 5.11 Å². The normalized spacial score (nSPS) is 19.2. The van der Waals surface area contributed by atoms with Crippen LogP contribution in [0.2, 0.25) is 0 Å². The first kappa shape index (κ1) is 11.0. The van der Waals surface area contributed by atoms with E-state index in [1.807, 2.05) is 13.8 Å². The summed E-state index contributed by atoms with van der Waals surface area (Å²) in [7, 11) is 0. The number of hydrogen-bond acceptors (Lipinski definition) is 2. The van der Waals surface area contributed by atoms with Crippen molar-refractivity contribution in [2.24, 2.45) is 5.92 Å². The average Bonchev–Trinajstić information content (AvgIpc) is 2.68.